The number of nitrogens with zero attached hydrogens (tertiary/aromatic N) is 2. The number of rotatable bonds is 4. The summed E-state index contributed by atoms with van der Waals surface area (Å²) in [6.07, 6.45) is 11.1. The normalized spacial score (nSPS) is 28.2. The number of allylic oxidation sites excluding steroid dienone is 2. The monoisotopic (exact) mass is 362 g/mol. The molecule has 0 amide bonds. The fourth-order valence-electron chi connectivity index (χ4n) is 4.33. The fourth-order valence-corrected chi connectivity index (χ4v) is 4.33. The molecule has 0 spiro atoms. The number of esters is 1. The first kappa shape index (κ1) is 19.2. The Hall–Kier alpha value is -2.59. The minimum atomic E-state index is -0.0282. The lowest BCUT2D eigenvalue weighted by Crippen LogP contribution is -2.29. The Bertz CT molecular complexity index is 738. The third kappa shape index (κ3) is 5.20. The van der Waals surface area contributed by atoms with Gasteiger partial charge in [-0.2, -0.15) is 10.5 Å². The molecular formula is C23H26N2O2. The quantitative estimate of drug-likeness (QED) is 0.557. The summed E-state index contributed by atoms with van der Waals surface area (Å²) in [5.74, 6) is 0.916. The molecule has 2 aliphatic carbocycles. The number of hydrogen-bond donors (Lipinski definition) is 0. The van der Waals surface area contributed by atoms with Crippen LogP contribution in [-0.2, 0) is 9.53 Å². The highest BCUT2D eigenvalue weighted by Crippen LogP contribution is 2.36. The molecule has 3 rings (SSSR count). The molecule has 1 aromatic carbocycles. The number of carbonyl (C=O) groups excluding carboxylic acids is 1. The molecule has 2 saturated carbocycles. The van der Waals surface area contributed by atoms with Crippen molar-refractivity contribution in [2.45, 2.75) is 63.4 Å². The van der Waals surface area contributed by atoms with E-state index in [4.69, 9.17) is 15.3 Å². The predicted octanol–water partition coefficient (Wildman–Crippen LogP) is 5.01. The van der Waals surface area contributed by atoms with Crippen molar-refractivity contribution < 1.29 is 9.53 Å². The Morgan fingerprint density at radius 2 is 1.63 bits per heavy atom. The van der Waals surface area contributed by atoms with Gasteiger partial charge in [0, 0.05) is 6.08 Å². The molecule has 1 aromatic rings. The summed E-state index contributed by atoms with van der Waals surface area (Å²) in [7, 11) is 0. The Morgan fingerprint density at radius 3 is 2.22 bits per heavy atom. The van der Waals surface area contributed by atoms with Crippen LogP contribution in [0.1, 0.15) is 68.4 Å². The van der Waals surface area contributed by atoms with Gasteiger partial charge in [-0.3, -0.25) is 4.79 Å². The highest BCUT2D eigenvalue weighted by Gasteiger charge is 2.30. The molecule has 4 nitrogen and oxygen atoms in total. The summed E-state index contributed by atoms with van der Waals surface area (Å²) in [6.45, 7) is 0. The molecule has 0 heterocycles. The minimum Gasteiger partial charge on any atom is -0.462 e. The maximum atomic E-state index is 12.5. The lowest BCUT2D eigenvalue weighted by Gasteiger charge is -2.31. The molecule has 2 aliphatic rings. The Balaban J connectivity index is 1.42. The fraction of sp³-hybridized carbons (Fsp3) is 0.522. The van der Waals surface area contributed by atoms with Gasteiger partial charge < -0.3 is 4.74 Å². The molecule has 0 aromatic heterocycles. The van der Waals surface area contributed by atoms with Crippen molar-refractivity contribution in [3.63, 3.8) is 0 Å². The van der Waals surface area contributed by atoms with E-state index in [1.807, 2.05) is 24.3 Å². The Kier molecular flexibility index (Phi) is 6.66. The van der Waals surface area contributed by atoms with Gasteiger partial charge >= 0.3 is 5.97 Å². The summed E-state index contributed by atoms with van der Waals surface area (Å²) in [4.78, 5) is 12.5. The molecule has 0 atom stereocenters. The average molecular weight is 362 g/mol. The molecule has 4 heteroatoms. The largest absolute Gasteiger partial charge is 0.462 e. The van der Waals surface area contributed by atoms with E-state index < -0.39 is 0 Å². The first-order valence-corrected chi connectivity index (χ1v) is 9.96. The van der Waals surface area contributed by atoms with Crippen LogP contribution in [-0.4, -0.2) is 12.1 Å². The minimum absolute atomic E-state index is 0.0213. The molecular weight excluding hydrogens is 336 g/mol. The molecule has 140 valence electrons. The van der Waals surface area contributed by atoms with Gasteiger partial charge in [-0.25, -0.2) is 0 Å². The van der Waals surface area contributed by atoms with Crippen LogP contribution in [0.25, 0.3) is 0 Å². The first-order chi connectivity index (χ1) is 13.2. The SMILES string of the molecule is N#C/C=C/C1CCC(C(=O)OC2CCC(c3ccc(C#N)cc3)CC2)CC1. The van der Waals surface area contributed by atoms with Crippen molar-refractivity contribution in [3.8, 4) is 12.1 Å². The molecule has 0 unspecified atom stereocenters. The summed E-state index contributed by atoms with van der Waals surface area (Å²) in [6, 6.07) is 12.0. The van der Waals surface area contributed by atoms with Crippen molar-refractivity contribution in [1.82, 2.24) is 0 Å². The van der Waals surface area contributed by atoms with Crippen LogP contribution in [0.5, 0.6) is 0 Å². The predicted molar refractivity (Wildman–Crippen MR) is 102 cm³/mol. The zero-order chi connectivity index (χ0) is 19.1. The number of hydrogen-bond acceptors (Lipinski definition) is 4. The standard InChI is InChI=1S/C23H26N2O2/c24-15-1-2-17-3-9-21(10-4-17)23(26)27-22-13-11-20(12-14-22)19-7-5-18(16-25)6-8-19/h1-2,5-8,17,20-22H,3-4,9-14H2/b2-1+. The lowest BCUT2D eigenvalue weighted by atomic mass is 9.81. The van der Waals surface area contributed by atoms with Crippen LogP contribution in [0.4, 0.5) is 0 Å². The Morgan fingerprint density at radius 1 is 0.963 bits per heavy atom. The van der Waals surface area contributed by atoms with Crippen molar-refractivity contribution in [1.29, 1.82) is 10.5 Å². The number of carbonyl (C=O) groups is 1. The number of ether oxygens (including phenoxy) is 1. The highest BCUT2D eigenvalue weighted by atomic mass is 16.5. The van der Waals surface area contributed by atoms with Crippen LogP contribution in [0.15, 0.2) is 36.4 Å². The van der Waals surface area contributed by atoms with E-state index in [-0.39, 0.29) is 18.0 Å². The molecule has 0 saturated heterocycles. The van der Waals surface area contributed by atoms with Crippen LogP contribution in [0.2, 0.25) is 0 Å². The van der Waals surface area contributed by atoms with Gasteiger partial charge in [0.1, 0.15) is 6.10 Å². The lowest BCUT2D eigenvalue weighted by molar-refractivity contribution is -0.157. The first-order valence-electron chi connectivity index (χ1n) is 9.96. The van der Waals surface area contributed by atoms with Crippen molar-refractivity contribution in [2.75, 3.05) is 0 Å². The highest BCUT2D eigenvalue weighted by molar-refractivity contribution is 5.72. The third-order valence-corrected chi connectivity index (χ3v) is 6.02. The maximum absolute atomic E-state index is 12.5. The molecule has 0 radical (unpaired) electrons. The van der Waals surface area contributed by atoms with Gasteiger partial charge in [0.15, 0.2) is 0 Å². The third-order valence-electron chi connectivity index (χ3n) is 6.02. The van der Waals surface area contributed by atoms with E-state index in [1.54, 1.807) is 6.08 Å². The van der Waals surface area contributed by atoms with E-state index in [9.17, 15) is 4.79 Å². The second-order valence-electron chi connectivity index (χ2n) is 7.74. The van der Waals surface area contributed by atoms with Crippen molar-refractivity contribution in [3.05, 3.63) is 47.5 Å². The van der Waals surface area contributed by atoms with Gasteiger partial charge in [-0.15, -0.1) is 0 Å². The zero-order valence-corrected chi connectivity index (χ0v) is 15.6. The molecule has 0 aliphatic heterocycles. The van der Waals surface area contributed by atoms with Crippen LogP contribution in [0, 0.1) is 34.5 Å². The molecule has 27 heavy (non-hydrogen) atoms. The van der Waals surface area contributed by atoms with E-state index in [0.29, 0.717) is 17.4 Å². The average Bonchev–Trinajstić information content (AvgIpc) is 2.73. The zero-order valence-electron chi connectivity index (χ0n) is 15.6. The Labute approximate surface area is 161 Å². The van der Waals surface area contributed by atoms with Crippen LogP contribution in [0.3, 0.4) is 0 Å². The topological polar surface area (TPSA) is 73.9 Å². The smallest absolute Gasteiger partial charge is 0.309 e. The summed E-state index contributed by atoms with van der Waals surface area (Å²) in [5.41, 5.74) is 1.97. The van der Waals surface area contributed by atoms with E-state index in [1.165, 1.54) is 5.56 Å². The summed E-state index contributed by atoms with van der Waals surface area (Å²) < 4.78 is 5.82. The van der Waals surface area contributed by atoms with E-state index in [2.05, 4.69) is 18.2 Å². The van der Waals surface area contributed by atoms with Crippen molar-refractivity contribution in [2.24, 2.45) is 11.8 Å². The van der Waals surface area contributed by atoms with Crippen LogP contribution >= 0.6 is 0 Å². The molecule has 2 fully saturated rings. The van der Waals surface area contributed by atoms with Gasteiger partial charge in [-0.1, -0.05) is 18.2 Å². The van der Waals surface area contributed by atoms with Crippen LogP contribution < -0.4 is 0 Å². The van der Waals surface area contributed by atoms with Crippen molar-refractivity contribution >= 4 is 5.97 Å². The van der Waals surface area contributed by atoms with E-state index >= 15 is 0 Å². The van der Waals surface area contributed by atoms with Gasteiger partial charge in [0.05, 0.1) is 23.6 Å². The molecule has 0 N–H and O–H groups in total. The second kappa shape index (κ2) is 9.38. The summed E-state index contributed by atoms with van der Waals surface area (Å²) >= 11 is 0. The number of benzene rings is 1. The van der Waals surface area contributed by atoms with E-state index in [0.717, 1.165) is 51.4 Å². The van der Waals surface area contributed by atoms with Gasteiger partial charge in [-0.05, 0) is 80.9 Å². The maximum Gasteiger partial charge on any atom is 0.309 e. The second-order valence-corrected chi connectivity index (χ2v) is 7.74. The number of nitriles is 2. The van der Waals surface area contributed by atoms with Gasteiger partial charge in [0.2, 0.25) is 0 Å². The summed E-state index contributed by atoms with van der Waals surface area (Å²) in [5, 5.41) is 17.5. The van der Waals surface area contributed by atoms with Gasteiger partial charge in [0.25, 0.3) is 0 Å². The molecule has 0 bridgehead atoms.